The molecule has 1 aliphatic rings. The first kappa shape index (κ1) is 13.9. The third-order valence-electron chi connectivity index (χ3n) is 3.19. The summed E-state index contributed by atoms with van der Waals surface area (Å²) >= 11 is 0. The predicted molar refractivity (Wildman–Crippen MR) is 81.5 cm³/mol. The molecule has 2 aromatic rings. The Hall–Kier alpha value is -3.08. The average molecular weight is 295 g/mol. The van der Waals surface area contributed by atoms with Gasteiger partial charge in [0.25, 0.3) is 5.91 Å². The van der Waals surface area contributed by atoms with Crippen LogP contribution in [0.1, 0.15) is 15.9 Å². The Kier molecular flexibility index (Phi) is 3.62. The second-order valence-corrected chi connectivity index (χ2v) is 4.68. The molecular formula is C17H13NO4. The van der Waals surface area contributed by atoms with Crippen molar-refractivity contribution in [2.75, 3.05) is 12.4 Å². The molecule has 0 spiro atoms. The van der Waals surface area contributed by atoms with Gasteiger partial charge >= 0.3 is 5.97 Å². The van der Waals surface area contributed by atoms with E-state index in [9.17, 15) is 9.59 Å². The molecule has 0 fully saturated rings. The smallest absolute Gasteiger partial charge is 0.337 e. The fourth-order valence-electron chi connectivity index (χ4n) is 2.11. The number of hydrogen-bond donors (Lipinski definition) is 1. The maximum absolute atomic E-state index is 12.1. The van der Waals surface area contributed by atoms with Gasteiger partial charge in [-0.3, -0.25) is 4.79 Å². The monoisotopic (exact) mass is 295 g/mol. The minimum Gasteiger partial charge on any atom is -0.465 e. The fraction of sp³-hybridized carbons (Fsp3) is 0.0588. The van der Waals surface area contributed by atoms with E-state index in [-0.39, 0.29) is 11.7 Å². The molecular weight excluding hydrogens is 282 g/mol. The Morgan fingerprint density at radius 1 is 1.18 bits per heavy atom. The normalized spacial score (nSPS) is 14.8. The largest absolute Gasteiger partial charge is 0.465 e. The molecule has 5 heteroatoms. The number of benzene rings is 2. The lowest BCUT2D eigenvalue weighted by molar-refractivity contribution is -0.115. The Bertz CT molecular complexity index is 765. The maximum Gasteiger partial charge on any atom is 0.337 e. The zero-order chi connectivity index (χ0) is 15.5. The quantitative estimate of drug-likeness (QED) is 0.683. The van der Waals surface area contributed by atoms with E-state index < -0.39 is 5.97 Å². The Morgan fingerprint density at radius 2 is 1.95 bits per heavy atom. The van der Waals surface area contributed by atoms with Crippen LogP contribution in [0.4, 0.5) is 5.69 Å². The van der Waals surface area contributed by atoms with E-state index in [4.69, 9.17) is 4.74 Å². The minimum absolute atomic E-state index is 0.199. The molecule has 0 radical (unpaired) electrons. The van der Waals surface area contributed by atoms with E-state index in [1.54, 1.807) is 18.2 Å². The molecule has 0 saturated carbocycles. The van der Waals surface area contributed by atoms with Gasteiger partial charge in [0.2, 0.25) is 0 Å². The van der Waals surface area contributed by atoms with E-state index in [2.05, 4.69) is 10.1 Å². The van der Waals surface area contributed by atoms with E-state index >= 15 is 0 Å². The van der Waals surface area contributed by atoms with E-state index in [0.29, 0.717) is 17.0 Å². The maximum atomic E-state index is 12.1. The molecule has 110 valence electrons. The fourth-order valence-corrected chi connectivity index (χ4v) is 2.11. The summed E-state index contributed by atoms with van der Waals surface area (Å²) in [7, 11) is 1.30. The van der Waals surface area contributed by atoms with Crippen molar-refractivity contribution < 1.29 is 19.1 Å². The SMILES string of the molecule is COC(=O)c1ccc2c(c1)NC(=O)C(=Cc1ccccc1)O2. The van der Waals surface area contributed by atoms with Crippen LogP contribution >= 0.6 is 0 Å². The number of nitrogens with one attached hydrogen (secondary N) is 1. The van der Waals surface area contributed by atoms with E-state index in [0.717, 1.165) is 5.56 Å². The summed E-state index contributed by atoms with van der Waals surface area (Å²) < 4.78 is 10.3. The molecule has 1 aliphatic heterocycles. The van der Waals surface area contributed by atoms with Crippen LogP contribution in [0.5, 0.6) is 5.75 Å². The first-order valence-corrected chi connectivity index (χ1v) is 6.65. The average Bonchev–Trinajstić information content (AvgIpc) is 2.55. The third kappa shape index (κ3) is 2.69. The zero-order valence-corrected chi connectivity index (χ0v) is 11.8. The standard InChI is InChI=1S/C17H13NO4/c1-21-17(20)12-7-8-14-13(10-12)18-16(19)15(22-14)9-11-5-3-2-4-6-11/h2-10H,1H3,(H,18,19). The van der Waals surface area contributed by atoms with Crippen molar-refractivity contribution in [3.8, 4) is 5.75 Å². The van der Waals surface area contributed by atoms with Gasteiger partial charge < -0.3 is 14.8 Å². The molecule has 1 heterocycles. The highest BCUT2D eigenvalue weighted by atomic mass is 16.5. The molecule has 0 unspecified atom stereocenters. The van der Waals surface area contributed by atoms with Gasteiger partial charge in [0.1, 0.15) is 0 Å². The summed E-state index contributed by atoms with van der Waals surface area (Å²) in [6.45, 7) is 0. The van der Waals surface area contributed by atoms with E-state index in [1.165, 1.54) is 13.2 Å². The third-order valence-corrected chi connectivity index (χ3v) is 3.19. The van der Waals surface area contributed by atoms with Crippen LogP contribution in [0.15, 0.2) is 54.3 Å². The molecule has 3 rings (SSSR count). The summed E-state index contributed by atoms with van der Waals surface area (Å²) in [5, 5.41) is 2.71. The highest BCUT2D eigenvalue weighted by Gasteiger charge is 2.23. The van der Waals surface area contributed by atoms with Crippen molar-refractivity contribution in [3.05, 3.63) is 65.4 Å². The molecule has 1 N–H and O–H groups in total. The molecule has 2 aromatic carbocycles. The summed E-state index contributed by atoms with van der Waals surface area (Å²) in [6, 6.07) is 14.1. The van der Waals surface area contributed by atoms with E-state index in [1.807, 2.05) is 30.3 Å². The van der Waals surface area contributed by atoms with Gasteiger partial charge in [0, 0.05) is 0 Å². The van der Waals surface area contributed by atoms with Crippen molar-refractivity contribution in [2.24, 2.45) is 0 Å². The number of amides is 1. The second-order valence-electron chi connectivity index (χ2n) is 4.68. The number of carbonyl (C=O) groups excluding carboxylic acids is 2. The van der Waals surface area contributed by atoms with Crippen LogP contribution in [-0.2, 0) is 9.53 Å². The number of ether oxygens (including phenoxy) is 2. The number of esters is 1. The van der Waals surface area contributed by atoms with Gasteiger partial charge in [-0.05, 0) is 29.8 Å². The van der Waals surface area contributed by atoms with Gasteiger partial charge in [0.05, 0.1) is 18.4 Å². The molecule has 0 bridgehead atoms. The number of methoxy groups -OCH3 is 1. The lowest BCUT2D eigenvalue weighted by Gasteiger charge is -2.20. The van der Waals surface area contributed by atoms with Crippen molar-refractivity contribution in [1.29, 1.82) is 0 Å². The van der Waals surface area contributed by atoms with Gasteiger partial charge in [-0.2, -0.15) is 0 Å². The molecule has 1 amide bonds. The van der Waals surface area contributed by atoms with Crippen LogP contribution < -0.4 is 10.1 Å². The second kappa shape index (κ2) is 5.73. The van der Waals surface area contributed by atoms with Gasteiger partial charge in [-0.15, -0.1) is 0 Å². The topological polar surface area (TPSA) is 64.6 Å². The van der Waals surface area contributed by atoms with Gasteiger partial charge in [-0.25, -0.2) is 4.79 Å². The summed E-state index contributed by atoms with van der Waals surface area (Å²) in [5.41, 5.74) is 1.65. The van der Waals surface area contributed by atoms with Crippen LogP contribution in [0.2, 0.25) is 0 Å². The minimum atomic E-state index is -0.470. The van der Waals surface area contributed by atoms with Gasteiger partial charge in [-0.1, -0.05) is 30.3 Å². The molecule has 5 nitrogen and oxygen atoms in total. The van der Waals surface area contributed by atoms with Crippen LogP contribution in [-0.4, -0.2) is 19.0 Å². The number of carbonyl (C=O) groups is 2. The van der Waals surface area contributed by atoms with Crippen molar-refractivity contribution in [2.45, 2.75) is 0 Å². The van der Waals surface area contributed by atoms with Crippen LogP contribution in [0, 0.1) is 0 Å². The summed E-state index contributed by atoms with van der Waals surface area (Å²) in [6.07, 6.45) is 1.66. The molecule has 0 atom stereocenters. The number of hydrogen-bond acceptors (Lipinski definition) is 4. The first-order valence-electron chi connectivity index (χ1n) is 6.65. The summed E-state index contributed by atoms with van der Waals surface area (Å²) in [4.78, 5) is 23.6. The Balaban J connectivity index is 1.92. The zero-order valence-electron chi connectivity index (χ0n) is 11.8. The predicted octanol–water partition coefficient (Wildman–Crippen LogP) is 2.85. The van der Waals surface area contributed by atoms with Crippen LogP contribution in [0.3, 0.4) is 0 Å². The summed E-state index contributed by atoms with van der Waals surface area (Å²) in [5.74, 6) is -0.153. The molecule has 0 aromatic heterocycles. The highest BCUT2D eigenvalue weighted by Crippen LogP contribution is 2.32. The Labute approximate surface area is 127 Å². The number of rotatable bonds is 2. The van der Waals surface area contributed by atoms with Crippen molar-refractivity contribution >= 4 is 23.6 Å². The van der Waals surface area contributed by atoms with Crippen molar-refractivity contribution in [3.63, 3.8) is 0 Å². The first-order chi connectivity index (χ1) is 10.7. The number of fused-ring (bicyclic) bond motifs is 1. The number of anilines is 1. The Morgan fingerprint density at radius 3 is 2.68 bits per heavy atom. The molecule has 0 saturated heterocycles. The van der Waals surface area contributed by atoms with Gasteiger partial charge in [0.15, 0.2) is 11.5 Å². The van der Waals surface area contributed by atoms with Crippen LogP contribution in [0.25, 0.3) is 6.08 Å². The molecule has 0 aliphatic carbocycles. The molecule has 22 heavy (non-hydrogen) atoms. The lowest BCUT2D eigenvalue weighted by Crippen LogP contribution is -2.23. The van der Waals surface area contributed by atoms with Crippen molar-refractivity contribution in [1.82, 2.24) is 0 Å². The highest BCUT2D eigenvalue weighted by molar-refractivity contribution is 6.08. The lowest BCUT2D eigenvalue weighted by atomic mass is 10.1.